The van der Waals surface area contributed by atoms with E-state index in [1.54, 1.807) is 0 Å². The van der Waals surface area contributed by atoms with Gasteiger partial charge in [0.15, 0.2) is 11.6 Å². The van der Waals surface area contributed by atoms with Crippen LogP contribution in [-0.4, -0.2) is 6.29 Å². The van der Waals surface area contributed by atoms with Gasteiger partial charge in [-0.25, -0.2) is 8.78 Å². The van der Waals surface area contributed by atoms with Crippen LogP contribution in [0.2, 0.25) is 0 Å². The summed E-state index contributed by atoms with van der Waals surface area (Å²) in [7, 11) is 0. The first-order chi connectivity index (χ1) is 6.15. The number of aldehydes is 1. The topological polar surface area (TPSA) is 17.1 Å². The van der Waals surface area contributed by atoms with E-state index < -0.39 is 11.6 Å². The summed E-state index contributed by atoms with van der Waals surface area (Å²) < 4.78 is 25.6. The third kappa shape index (κ3) is 2.21. The molecule has 0 bridgehead atoms. The molecule has 0 N–H and O–H groups in total. The molecule has 0 heterocycles. The maximum atomic E-state index is 13.0. The van der Waals surface area contributed by atoms with Crippen molar-refractivity contribution in [2.75, 3.05) is 0 Å². The van der Waals surface area contributed by atoms with E-state index in [0.717, 1.165) is 6.07 Å². The molecule has 0 saturated heterocycles. The summed E-state index contributed by atoms with van der Waals surface area (Å²) >= 11 is 0. The predicted octanol–water partition coefficient (Wildman–Crippen LogP) is 2.57. The second-order valence-corrected chi connectivity index (χ2v) is 2.65. The SMILES string of the molecule is CC(C=O)=Cc1cccc(F)c1F. The van der Waals surface area contributed by atoms with Crippen molar-refractivity contribution >= 4 is 12.4 Å². The lowest BCUT2D eigenvalue weighted by Crippen LogP contribution is -1.88. The highest BCUT2D eigenvalue weighted by Gasteiger charge is 2.04. The number of carbonyl (C=O) groups is 1. The van der Waals surface area contributed by atoms with Crippen molar-refractivity contribution < 1.29 is 13.6 Å². The van der Waals surface area contributed by atoms with Gasteiger partial charge in [-0.05, 0) is 24.6 Å². The quantitative estimate of drug-likeness (QED) is 0.507. The number of halogens is 2. The number of rotatable bonds is 2. The largest absolute Gasteiger partial charge is 0.298 e. The molecular formula is C10H8F2O. The monoisotopic (exact) mass is 182 g/mol. The summed E-state index contributed by atoms with van der Waals surface area (Å²) in [5, 5.41) is 0. The van der Waals surface area contributed by atoms with Gasteiger partial charge in [-0.3, -0.25) is 4.79 Å². The summed E-state index contributed by atoms with van der Waals surface area (Å²) in [6.45, 7) is 1.53. The molecule has 0 aliphatic carbocycles. The minimum atomic E-state index is -0.927. The number of hydrogen-bond donors (Lipinski definition) is 0. The molecule has 68 valence electrons. The summed E-state index contributed by atoms with van der Waals surface area (Å²) in [4.78, 5) is 10.2. The Hall–Kier alpha value is -1.51. The fourth-order valence-corrected chi connectivity index (χ4v) is 0.911. The lowest BCUT2D eigenvalue weighted by Gasteiger charge is -1.97. The Labute approximate surface area is 74.7 Å². The lowest BCUT2D eigenvalue weighted by molar-refractivity contribution is -0.104. The van der Waals surface area contributed by atoms with Crippen molar-refractivity contribution in [1.29, 1.82) is 0 Å². The molecule has 13 heavy (non-hydrogen) atoms. The Morgan fingerprint density at radius 2 is 2.08 bits per heavy atom. The lowest BCUT2D eigenvalue weighted by atomic mass is 10.1. The van der Waals surface area contributed by atoms with Gasteiger partial charge in [0, 0.05) is 5.56 Å². The molecule has 0 aromatic heterocycles. The third-order valence-corrected chi connectivity index (χ3v) is 1.55. The van der Waals surface area contributed by atoms with Crippen LogP contribution in [0.25, 0.3) is 6.08 Å². The second kappa shape index (κ2) is 3.94. The van der Waals surface area contributed by atoms with E-state index in [9.17, 15) is 13.6 Å². The van der Waals surface area contributed by atoms with Gasteiger partial charge in [0.1, 0.15) is 6.29 Å². The molecule has 0 fully saturated rings. The Morgan fingerprint density at radius 1 is 1.38 bits per heavy atom. The van der Waals surface area contributed by atoms with E-state index in [1.807, 2.05) is 0 Å². The van der Waals surface area contributed by atoms with E-state index >= 15 is 0 Å². The van der Waals surface area contributed by atoms with Crippen LogP contribution in [0.4, 0.5) is 8.78 Å². The number of carbonyl (C=O) groups excluding carboxylic acids is 1. The normalized spacial score (nSPS) is 11.5. The predicted molar refractivity (Wildman–Crippen MR) is 46.1 cm³/mol. The Bertz CT molecular complexity index is 356. The highest BCUT2D eigenvalue weighted by molar-refractivity contribution is 5.80. The van der Waals surface area contributed by atoms with Crippen LogP contribution >= 0.6 is 0 Å². The first kappa shape index (κ1) is 9.58. The Balaban J connectivity index is 3.16. The fraction of sp³-hybridized carbons (Fsp3) is 0.100. The minimum absolute atomic E-state index is 0.0876. The van der Waals surface area contributed by atoms with Crippen LogP contribution in [0.5, 0.6) is 0 Å². The van der Waals surface area contributed by atoms with E-state index in [2.05, 4.69) is 0 Å². The van der Waals surface area contributed by atoms with Gasteiger partial charge in [0.25, 0.3) is 0 Å². The van der Waals surface area contributed by atoms with Crippen LogP contribution in [0, 0.1) is 11.6 Å². The van der Waals surface area contributed by atoms with Gasteiger partial charge < -0.3 is 0 Å². The molecule has 0 atom stereocenters. The standard InChI is InChI=1S/C10H8F2O/c1-7(6-13)5-8-3-2-4-9(11)10(8)12/h2-6H,1H3. The molecule has 0 aliphatic rings. The van der Waals surface area contributed by atoms with Gasteiger partial charge in [-0.15, -0.1) is 0 Å². The zero-order valence-corrected chi connectivity index (χ0v) is 7.05. The molecule has 1 aromatic carbocycles. The average molecular weight is 182 g/mol. The molecule has 0 saturated carbocycles. The van der Waals surface area contributed by atoms with Gasteiger partial charge in [0.05, 0.1) is 0 Å². The highest BCUT2D eigenvalue weighted by atomic mass is 19.2. The van der Waals surface area contributed by atoms with Crippen molar-refractivity contribution in [3.8, 4) is 0 Å². The van der Waals surface area contributed by atoms with Crippen molar-refractivity contribution in [2.45, 2.75) is 6.92 Å². The maximum absolute atomic E-state index is 13.0. The van der Waals surface area contributed by atoms with E-state index in [-0.39, 0.29) is 5.56 Å². The zero-order valence-electron chi connectivity index (χ0n) is 7.05. The molecule has 0 spiro atoms. The smallest absolute Gasteiger partial charge is 0.166 e. The average Bonchev–Trinajstić information content (AvgIpc) is 2.13. The van der Waals surface area contributed by atoms with E-state index in [4.69, 9.17) is 0 Å². The van der Waals surface area contributed by atoms with Crippen molar-refractivity contribution in [3.63, 3.8) is 0 Å². The van der Waals surface area contributed by atoms with Crippen LogP contribution in [0.1, 0.15) is 12.5 Å². The summed E-state index contributed by atoms with van der Waals surface area (Å²) in [5.41, 5.74) is 0.439. The van der Waals surface area contributed by atoms with Crippen LogP contribution in [0.15, 0.2) is 23.8 Å². The fourth-order valence-electron chi connectivity index (χ4n) is 0.911. The zero-order chi connectivity index (χ0) is 9.84. The van der Waals surface area contributed by atoms with Crippen LogP contribution < -0.4 is 0 Å². The van der Waals surface area contributed by atoms with Gasteiger partial charge in [-0.2, -0.15) is 0 Å². The molecule has 1 rings (SSSR count). The number of benzene rings is 1. The van der Waals surface area contributed by atoms with Crippen molar-refractivity contribution in [2.24, 2.45) is 0 Å². The molecule has 1 nitrogen and oxygen atoms in total. The summed E-state index contributed by atoms with van der Waals surface area (Å²) in [5.74, 6) is -1.84. The molecule has 0 amide bonds. The minimum Gasteiger partial charge on any atom is -0.298 e. The highest BCUT2D eigenvalue weighted by Crippen LogP contribution is 2.13. The molecule has 3 heteroatoms. The number of hydrogen-bond acceptors (Lipinski definition) is 1. The number of allylic oxidation sites excluding steroid dienone is 1. The Kier molecular flexibility index (Phi) is 2.90. The summed E-state index contributed by atoms with van der Waals surface area (Å²) in [6, 6.07) is 3.83. The molecular weight excluding hydrogens is 174 g/mol. The molecule has 0 radical (unpaired) electrons. The van der Waals surface area contributed by atoms with Crippen LogP contribution in [0.3, 0.4) is 0 Å². The maximum Gasteiger partial charge on any atom is 0.166 e. The van der Waals surface area contributed by atoms with Crippen LogP contribution in [-0.2, 0) is 4.79 Å². The van der Waals surface area contributed by atoms with Crippen molar-refractivity contribution in [3.05, 3.63) is 41.0 Å². The second-order valence-electron chi connectivity index (χ2n) is 2.65. The summed E-state index contributed by atoms with van der Waals surface area (Å²) in [6.07, 6.45) is 1.88. The molecule has 0 aliphatic heterocycles. The third-order valence-electron chi connectivity index (χ3n) is 1.55. The van der Waals surface area contributed by atoms with E-state index in [1.165, 1.54) is 25.1 Å². The van der Waals surface area contributed by atoms with Gasteiger partial charge >= 0.3 is 0 Å². The van der Waals surface area contributed by atoms with Crippen molar-refractivity contribution in [1.82, 2.24) is 0 Å². The van der Waals surface area contributed by atoms with Gasteiger partial charge in [0.2, 0.25) is 0 Å². The van der Waals surface area contributed by atoms with E-state index in [0.29, 0.717) is 11.9 Å². The Morgan fingerprint density at radius 3 is 2.69 bits per heavy atom. The van der Waals surface area contributed by atoms with Gasteiger partial charge in [-0.1, -0.05) is 12.1 Å². The first-order valence-electron chi connectivity index (χ1n) is 3.72. The molecule has 0 unspecified atom stereocenters. The molecule has 1 aromatic rings. The first-order valence-corrected chi connectivity index (χ1v) is 3.72.